The summed E-state index contributed by atoms with van der Waals surface area (Å²) in [5, 5.41) is 0. The topological polar surface area (TPSA) is 122 Å². The van der Waals surface area contributed by atoms with Gasteiger partial charge >= 0.3 is 23.9 Å². The van der Waals surface area contributed by atoms with Crippen LogP contribution in [0.3, 0.4) is 0 Å². The molecule has 2 aromatic carbocycles. The molecule has 196 valence electrons. The summed E-state index contributed by atoms with van der Waals surface area (Å²) >= 11 is 0. The van der Waals surface area contributed by atoms with Crippen LogP contribution in [-0.4, -0.2) is 29.7 Å². The summed E-state index contributed by atoms with van der Waals surface area (Å²) in [6.45, 7) is 12.9. The molecule has 0 saturated heterocycles. The summed E-state index contributed by atoms with van der Waals surface area (Å²) in [5.41, 5.74) is 0.259. The smallest absolute Gasteiger partial charge is 0.338 e. The Morgan fingerprint density at radius 2 is 1.08 bits per heavy atom. The third kappa shape index (κ3) is 7.47. The third-order valence-electron chi connectivity index (χ3n) is 5.07. The highest BCUT2D eigenvalue weighted by molar-refractivity contribution is 6.13. The van der Waals surface area contributed by atoms with E-state index in [0.717, 1.165) is 24.3 Å². The highest BCUT2D eigenvalue weighted by Gasteiger charge is 2.27. The van der Waals surface area contributed by atoms with Crippen molar-refractivity contribution in [2.24, 2.45) is 0 Å². The van der Waals surface area contributed by atoms with E-state index in [2.05, 4.69) is 13.2 Å². The predicted molar refractivity (Wildman–Crippen MR) is 138 cm³/mol. The molecule has 2 rings (SSSR count). The van der Waals surface area contributed by atoms with E-state index in [1.165, 1.54) is 50.3 Å². The molecule has 0 heterocycles. The maximum absolute atomic E-state index is 13.6. The quantitative estimate of drug-likeness (QED) is 0.188. The summed E-state index contributed by atoms with van der Waals surface area (Å²) in [7, 11) is 0. The van der Waals surface area contributed by atoms with Crippen molar-refractivity contribution >= 4 is 29.7 Å². The largest absolute Gasteiger partial charge is 0.423 e. The molecule has 0 aliphatic carbocycles. The Morgan fingerprint density at radius 3 is 1.47 bits per heavy atom. The lowest BCUT2D eigenvalue weighted by Crippen LogP contribution is -2.17. The molecule has 38 heavy (non-hydrogen) atoms. The van der Waals surface area contributed by atoms with Gasteiger partial charge in [0.15, 0.2) is 0 Å². The second-order valence-corrected chi connectivity index (χ2v) is 7.62. The maximum atomic E-state index is 13.6. The van der Waals surface area contributed by atoms with E-state index in [1.807, 2.05) is 0 Å². The van der Waals surface area contributed by atoms with Gasteiger partial charge in [-0.05, 0) is 52.0 Å². The number of hydrogen-bond acceptors (Lipinski definition) is 9. The number of ether oxygens (including phenoxy) is 4. The first-order chi connectivity index (χ1) is 18.0. The van der Waals surface area contributed by atoms with E-state index in [4.69, 9.17) is 18.9 Å². The Labute approximate surface area is 219 Å². The number of rotatable bonds is 10. The van der Waals surface area contributed by atoms with Crippen molar-refractivity contribution < 1.29 is 42.9 Å². The molecule has 0 fully saturated rings. The van der Waals surface area contributed by atoms with Gasteiger partial charge in [0.05, 0.1) is 0 Å². The van der Waals surface area contributed by atoms with Crippen molar-refractivity contribution in [2.75, 3.05) is 0 Å². The second kappa shape index (κ2) is 13.3. The molecule has 0 aliphatic heterocycles. The van der Waals surface area contributed by atoms with Crippen LogP contribution in [-0.2, 0) is 19.2 Å². The van der Waals surface area contributed by atoms with Gasteiger partial charge in [-0.1, -0.05) is 25.3 Å². The molecule has 0 aromatic heterocycles. The first-order valence-electron chi connectivity index (χ1n) is 11.3. The Bertz CT molecular complexity index is 1310. The minimum Gasteiger partial charge on any atom is -0.423 e. The van der Waals surface area contributed by atoms with Crippen LogP contribution in [0.25, 0.3) is 0 Å². The first kappa shape index (κ1) is 29.2. The van der Waals surface area contributed by atoms with Crippen LogP contribution in [0.1, 0.15) is 43.6 Å². The van der Waals surface area contributed by atoms with Gasteiger partial charge in [-0.25, -0.2) is 19.2 Å². The van der Waals surface area contributed by atoms with Crippen molar-refractivity contribution in [3.8, 4) is 23.0 Å². The van der Waals surface area contributed by atoms with Crippen molar-refractivity contribution in [1.29, 1.82) is 0 Å². The number of esters is 4. The minimum atomic E-state index is -0.836. The lowest BCUT2D eigenvalue weighted by molar-refractivity contribution is -0.130. The fourth-order valence-corrected chi connectivity index (χ4v) is 2.74. The summed E-state index contributed by atoms with van der Waals surface area (Å²) in [4.78, 5) is 62.2. The van der Waals surface area contributed by atoms with Crippen LogP contribution in [0, 0.1) is 0 Å². The molecule has 9 heteroatoms. The fourth-order valence-electron chi connectivity index (χ4n) is 2.74. The van der Waals surface area contributed by atoms with E-state index >= 15 is 0 Å². The van der Waals surface area contributed by atoms with Crippen molar-refractivity contribution in [1.82, 2.24) is 0 Å². The van der Waals surface area contributed by atoms with Gasteiger partial charge in [0, 0.05) is 41.0 Å². The van der Waals surface area contributed by atoms with Gasteiger partial charge in [0.1, 0.15) is 28.6 Å². The highest BCUT2D eigenvalue weighted by Crippen LogP contribution is 2.37. The minimum absolute atomic E-state index is 0.0827. The second-order valence-electron chi connectivity index (χ2n) is 7.62. The van der Waals surface area contributed by atoms with Gasteiger partial charge in [-0.15, -0.1) is 0 Å². The number of ketones is 1. The zero-order valence-corrected chi connectivity index (χ0v) is 21.4. The van der Waals surface area contributed by atoms with Crippen molar-refractivity contribution in [3.05, 3.63) is 96.1 Å². The van der Waals surface area contributed by atoms with E-state index < -0.39 is 29.7 Å². The van der Waals surface area contributed by atoms with E-state index in [1.54, 1.807) is 13.8 Å². The van der Waals surface area contributed by atoms with Gasteiger partial charge in [-0.3, -0.25) is 4.79 Å². The average Bonchev–Trinajstić information content (AvgIpc) is 2.91. The Morgan fingerprint density at radius 1 is 0.658 bits per heavy atom. The number of allylic oxidation sites excluding steroid dienone is 2. The average molecular weight is 519 g/mol. The summed E-state index contributed by atoms with van der Waals surface area (Å²) < 4.78 is 21.1. The first-order valence-corrected chi connectivity index (χ1v) is 11.3. The molecule has 0 saturated carbocycles. The number of hydrogen-bond donors (Lipinski definition) is 0. The van der Waals surface area contributed by atoms with E-state index in [9.17, 15) is 24.0 Å². The zero-order chi connectivity index (χ0) is 28.4. The van der Waals surface area contributed by atoms with Crippen molar-refractivity contribution in [3.63, 3.8) is 0 Å². The fraction of sp³-hybridized carbons (Fsp3) is 0.138. The molecular formula is C29H26O9. The van der Waals surface area contributed by atoms with Gasteiger partial charge < -0.3 is 18.9 Å². The number of carbonyl (C=O) groups is 5. The van der Waals surface area contributed by atoms with Gasteiger partial charge in [0.2, 0.25) is 5.78 Å². The number of benzene rings is 2. The Balaban J connectivity index is 2.73. The molecule has 0 unspecified atom stereocenters. The molecule has 0 N–H and O–H groups in total. The summed E-state index contributed by atoms with van der Waals surface area (Å²) in [5.74, 6) is -4.45. The summed E-state index contributed by atoms with van der Waals surface area (Å²) in [6.07, 6.45) is 4.90. The molecular weight excluding hydrogens is 492 g/mol. The zero-order valence-electron chi connectivity index (χ0n) is 21.4. The molecule has 2 aromatic rings. The summed E-state index contributed by atoms with van der Waals surface area (Å²) in [6, 6.07) is 7.78. The standard InChI is InChI=1S/C29H26O9/c1-7-17(5)28(33)37-22-15-21(36-25(31)10-4)16-23(38-29(34)18(6)8-2)26(22)27(32)19-11-13-20(14-12-19)35-24(30)9-3/h7-16H,3-4H2,1-2,5-6H3/b17-7+,18-8+. The molecule has 9 nitrogen and oxygen atoms in total. The van der Waals surface area contributed by atoms with Gasteiger partial charge in [0.25, 0.3) is 0 Å². The van der Waals surface area contributed by atoms with Crippen molar-refractivity contribution in [2.45, 2.75) is 27.7 Å². The molecule has 0 spiro atoms. The molecule has 0 amide bonds. The van der Waals surface area contributed by atoms with Crippen LogP contribution in [0.4, 0.5) is 0 Å². The molecule has 0 radical (unpaired) electrons. The molecule has 0 aliphatic rings. The van der Waals surface area contributed by atoms with Crippen LogP contribution in [0.15, 0.2) is 85.0 Å². The Hall–Kier alpha value is -5.05. The highest BCUT2D eigenvalue weighted by atomic mass is 16.6. The SMILES string of the molecule is C=CC(=O)Oc1ccc(C(=O)c2c(OC(=O)/C(C)=C/C)cc(OC(=O)C=C)cc2OC(=O)/C(C)=C/C)cc1. The monoisotopic (exact) mass is 518 g/mol. The maximum Gasteiger partial charge on any atom is 0.338 e. The molecule has 0 atom stereocenters. The van der Waals surface area contributed by atoms with Crippen LogP contribution < -0.4 is 18.9 Å². The van der Waals surface area contributed by atoms with Crippen LogP contribution in [0.2, 0.25) is 0 Å². The van der Waals surface area contributed by atoms with Crippen LogP contribution >= 0.6 is 0 Å². The van der Waals surface area contributed by atoms with Crippen LogP contribution in [0.5, 0.6) is 23.0 Å². The lowest BCUT2D eigenvalue weighted by atomic mass is 10.0. The number of carbonyl (C=O) groups excluding carboxylic acids is 5. The lowest BCUT2D eigenvalue weighted by Gasteiger charge is -2.16. The van der Waals surface area contributed by atoms with E-state index in [-0.39, 0.29) is 45.3 Å². The molecule has 0 bridgehead atoms. The van der Waals surface area contributed by atoms with E-state index in [0.29, 0.717) is 0 Å². The Kier molecular flexibility index (Phi) is 10.2. The van der Waals surface area contributed by atoms with Gasteiger partial charge in [-0.2, -0.15) is 0 Å². The normalized spacial score (nSPS) is 11.2. The third-order valence-corrected chi connectivity index (χ3v) is 5.07. The predicted octanol–water partition coefficient (Wildman–Crippen LogP) is 4.84.